The van der Waals surface area contributed by atoms with Gasteiger partial charge in [-0.05, 0) is 25.1 Å². The summed E-state index contributed by atoms with van der Waals surface area (Å²) in [6.07, 6.45) is -4.71. The molecule has 9 nitrogen and oxygen atoms in total. The predicted molar refractivity (Wildman–Crippen MR) is 96.8 cm³/mol. The molecular weight excluding hydrogens is 397 g/mol. The van der Waals surface area contributed by atoms with Crippen molar-refractivity contribution in [1.29, 1.82) is 0 Å². The lowest BCUT2D eigenvalue weighted by atomic mass is 10.1. The first-order valence-corrected chi connectivity index (χ1v) is 8.13. The van der Waals surface area contributed by atoms with Crippen molar-refractivity contribution >= 4 is 23.0 Å². The molecule has 0 fully saturated rings. The van der Waals surface area contributed by atoms with E-state index < -0.39 is 33.2 Å². The van der Waals surface area contributed by atoms with Crippen LogP contribution in [0, 0.1) is 27.2 Å². The summed E-state index contributed by atoms with van der Waals surface area (Å²) in [5, 5.41) is 27.0. The van der Waals surface area contributed by atoms with Gasteiger partial charge in [-0.1, -0.05) is 6.07 Å². The third-order valence-electron chi connectivity index (χ3n) is 3.92. The zero-order valence-corrected chi connectivity index (χ0v) is 14.9. The summed E-state index contributed by atoms with van der Waals surface area (Å²) in [4.78, 5) is 32.5. The molecule has 0 saturated heterocycles. The SMILES string of the molecule is Cc1ccc(C(=O)NCCNc2ccc(C(F)(F)F)cc2[N+](=O)[O-])cc1[N+](=O)[O-]. The average Bonchev–Trinajstić information content (AvgIpc) is 2.64. The molecule has 0 bridgehead atoms. The first-order chi connectivity index (χ1) is 13.5. The first kappa shape index (κ1) is 21.6. The third kappa shape index (κ3) is 5.40. The fourth-order valence-electron chi connectivity index (χ4n) is 2.43. The highest BCUT2D eigenvalue weighted by Crippen LogP contribution is 2.34. The molecule has 2 rings (SSSR count). The van der Waals surface area contributed by atoms with Gasteiger partial charge in [0.2, 0.25) is 0 Å². The fourth-order valence-corrected chi connectivity index (χ4v) is 2.43. The number of alkyl halides is 3. The van der Waals surface area contributed by atoms with Crippen molar-refractivity contribution in [2.75, 3.05) is 18.4 Å². The van der Waals surface area contributed by atoms with Crippen LogP contribution in [-0.2, 0) is 6.18 Å². The summed E-state index contributed by atoms with van der Waals surface area (Å²) in [5.41, 5.74) is -1.80. The molecule has 0 aliphatic rings. The molecule has 1 amide bonds. The first-order valence-electron chi connectivity index (χ1n) is 8.13. The van der Waals surface area contributed by atoms with Crippen LogP contribution in [0.4, 0.5) is 30.2 Å². The number of aryl methyl sites for hydroxylation is 1. The molecule has 2 aromatic rings. The van der Waals surface area contributed by atoms with Gasteiger partial charge in [0, 0.05) is 36.3 Å². The minimum Gasteiger partial charge on any atom is -0.378 e. The molecular formula is C17H15F3N4O5. The van der Waals surface area contributed by atoms with Gasteiger partial charge in [-0.25, -0.2) is 0 Å². The number of benzene rings is 2. The number of halogens is 3. The highest BCUT2D eigenvalue weighted by molar-refractivity contribution is 5.95. The monoisotopic (exact) mass is 412 g/mol. The number of nitro benzene ring substituents is 2. The largest absolute Gasteiger partial charge is 0.416 e. The lowest BCUT2D eigenvalue weighted by Crippen LogP contribution is -2.29. The van der Waals surface area contributed by atoms with Gasteiger partial charge in [0.25, 0.3) is 17.3 Å². The zero-order valence-electron chi connectivity index (χ0n) is 14.9. The number of carbonyl (C=O) groups excluding carboxylic acids is 1. The number of hydrogen-bond donors (Lipinski definition) is 2. The number of nitrogens with one attached hydrogen (secondary N) is 2. The Bertz CT molecular complexity index is 963. The number of amides is 1. The Kier molecular flexibility index (Phi) is 6.36. The normalized spacial score (nSPS) is 11.0. The second-order valence-electron chi connectivity index (χ2n) is 5.93. The van der Waals surface area contributed by atoms with Gasteiger partial charge >= 0.3 is 6.18 Å². The van der Waals surface area contributed by atoms with E-state index >= 15 is 0 Å². The summed E-state index contributed by atoms with van der Waals surface area (Å²) in [6.45, 7) is 1.48. The van der Waals surface area contributed by atoms with Gasteiger partial charge in [-0.2, -0.15) is 13.2 Å². The summed E-state index contributed by atoms with van der Waals surface area (Å²) in [7, 11) is 0. The van der Waals surface area contributed by atoms with Crippen LogP contribution in [0.2, 0.25) is 0 Å². The Labute approximate surface area is 161 Å². The van der Waals surface area contributed by atoms with E-state index in [4.69, 9.17) is 0 Å². The lowest BCUT2D eigenvalue weighted by Gasteiger charge is -2.11. The van der Waals surface area contributed by atoms with Gasteiger partial charge in [-0.3, -0.25) is 25.0 Å². The standard InChI is InChI=1S/C17H15F3N4O5/c1-10-2-3-11(8-14(10)23(26)27)16(25)22-7-6-21-13-5-4-12(17(18,19)20)9-15(13)24(28)29/h2-5,8-9,21H,6-7H2,1H3,(H,22,25). The Morgan fingerprint density at radius 3 is 2.24 bits per heavy atom. The van der Waals surface area contributed by atoms with Crippen molar-refractivity contribution in [2.24, 2.45) is 0 Å². The van der Waals surface area contributed by atoms with Crippen molar-refractivity contribution in [2.45, 2.75) is 13.1 Å². The number of carbonyl (C=O) groups is 1. The molecule has 2 aromatic carbocycles. The van der Waals surface area contributed by atoms with Crippen LogP contribution < -0.4 is 10.6 Å². The van der Waals surface area contributed by atoms with Crippen molar-refractivity contribution in [1.82, 2.24) is 5.32 Å². The topological polar surface area (TPSA) is 127 Å². The molecule has 0 aliphatic carbocycles. The van der Waals surface area contributed by atoms with Gasteiger partial charge in [0.1, 0.15) is 5.69 Å². The van der Waals surface area contributed by atoms with E-state index in [0.717, 1.165) is 12.1 Å². The highest BCUT2D eigenvalue weighted by Gasteiger charge is 2.33. The molecule has 0 unspecified atom stereocenters. The van der Waals surface area contributed by atoms with Crippen LogP contribution in [-0.4, -0.2) is 28.8 Å². The Hall–Kier alpha value is -3.70. The second-order valence-corrected chi connectivity index (χ2v) is 5.93. The van der Waals surface area contributed by atoms with E-state index in [0.29, 0.717) is 17.7 Å². The van der Waals surface area contributed by atoms with E-state index in [1.54, 1.807) is 0 Å². The second kappa shape index (κ2) is 8.54. The maximum absolute atomic E-state index is 12.7. The smallest absolute Gasteiger partial charge is 0.378 e. The van der Waals surface area contributed by atoms with Crippen molar-refractivity contribution in [3.05, 3.63) is 73.3 Å². The van der Waals surface area contributed by atoms with Crippen LogP contribution in [0.15, 0.2) is 36.4 Å². The molecule has 29 heavy (non-hydrogen) atoms. The number of rotatable bonds is 7. The van der Waals surface area contributed by atoms with E-state index in [1.165, 1.54) is 19.1 Å². The molecule has 0 atom stereocenters. The van der Waals surface area contributed by atoms with Crippen LogP contribution >= 0.6 is 0 Å². The molecule has 12 heteroatoms. The minimum atomic E-state index is -4.71. The minimum absolute atomic E-state index is 0.0219. The summed E-state index contributed by atoms with van der Waals surface area (Å²) < 4.78 is 38.1. The molecule has 0 aromatic heterocycles. The number of nitrogens with zero attached hydrogens (tertiary/aromatic N) is 2. The van der Waals surface area contributed by atoms with Crippen LogP contribution in [0.5, 0.6) is 0 Å². The van der Waals surface area contributed by atoms with E-state index in [2.05, 4.69) is 10.6 Å². The Morgan fingerprint density at radius 1 is 1.00 bits per heavy atom. The van der Waals surface area contributed by atoms with Crippen molar-refractivity contribution < 1.29 is 27.8 Å². The lowest BCUT2D eigenvalue weighted by molar-refractivity contribution is -0.385. The maximum atomic E-state index is 12.7. The van der Waals surface area contributed by atoms with Gasteiger partial charge < -0.3 is 10.6 Å². The predicted octanol–water partition coefficient (Wildman–Crippen LogP) is 3.67. The van der Waals surface area contributed by atoms with E-state index in [1.807, 2.05) is 0 Å². The number of anilines is 1. The van der Waals surface area contributed by atoms with Crippen molar-refractivity contribution in [3.63, 3.8) is 0 Å². The molecule has 2 N–H and O–H groups in total. The van der Waals surface area contributed by atoms with Gasteiger partial charge in [0.05, 0.1) is 15.4 Å². The number of hydrogen-bond acceptors (Lipinski definition) is 6. The van der Waals surface area contributed by atoms with Gasteiger partial charge in [0.15, 0.2) is 0 Å². The van der Waals surface area contributed by atoms with Crippen LogP contribution in [0.25, 0.3) is 0 Å². The Balaban J connectivity index is 2.00. The third-order valence-corrected chi connectivity index (χ3v) is 3.92. The molecule has 0 spiro atoms. The molecule has 0 heterocycles. The van der Waals surface area contributed by atoms with E-state index in [9.17, 15) is 38.2 Å². The Morgan fingerprint density at radius 2 is 1.66 bits per heavy atom. The average molecular weight is 412 g/mol. The number of nitro groups is 2. The summed E-state index contributed by atoms with van der Waals surface area (Å²) in [6, 6.07) is 6.03. The molecule has 0 aliphatic heterocycles. The summed E-state index contributed by atoms with van der Waals surface area (Å²) in [5.74, 6) is -0.600. The van der Waals surface area contributed by atoms with Crippen LogP contribution in [0.1, 0.15) is 21.5 Å². The molecule has 0 saturated carbocycles. The summed E-state index contributed by atoms with van der Waals surface area (Å²) >= 11 is 0. The quantitative estimate of drug-likeness (QED) is 0.406. The maximum Gasteiger partial charge on any atom is 0.416 e. The zero-order chi connectivity index (χ0) is 21.8. The van der Waals surface area contributed by atoms with Gasteiger partial charge in [-0.15, -0.1) is 0 Å². The molecule has 154 valence electrons. The fraction of sp³-hybridized carbons (Fsp3) is 0.235. The highest BCUT2D eigenvalue weighted by atomic mass is 19.4. The van der Waals surface area contributed by atoms with Crippen LogP contribution in [0.3, 0.4) is 0 Å². The van der Waals surface area contributed by atoms with Crippen molar-refractivity contribution in [3.8, 4) is 0 Å². The molecule has 0 radical (unpaired) electrons. The van der Waals surface area contributed by atoms with E-state index in [-0.39, 0.29) is 30.0 Å².